The first-order chi connectivity index (χ1) is 16.0. The van der Waals surface area contributed by atoms with E-state index in [9.17, 15) is 4.79 Å². The van der Waals surface area contributed by atoms with E-state index >= 15 is 0 Å². The normalized spacial score (nSPS) is 15.4. The number of hydrogen-bond acceptors (Lipinski definition) is 4. The number of aromatic nitrogens is 2. The molecule has 0 aliphatic carbocycles. The minimum absolute atomic E-state index is 0.0978. The van der Waals surface area contributed by atoms with Crippen molar-refractivity contribution in [3.05, 3.63) is 83.2 Å². The van der Waals surface area contributed by atoms with Crippen LogP contribution in [0, 0.1) is 13.8 Å². The van der Waals surface area contributed by atoms with Gasteiger partial charge in [-0.1, -0.05) is 48.5 Å². The molecule has 1 amide bonds. The molecule has 0 radical (unpaired) electrons. The maximum absolute atomic E-state index is 13.7. The van der Waals surface area contributed by atoms with Crippen LogP contribution >= 0.6 is 0 Å². The van der Waals surface area contributed by atoms with Gasteiger partial charge in [0.15, 0.2) is 0 Å². The molecule has 1 aliphatic heterocycles. The molecule has 6 nitrogen and oxygen atoms in total. The summed E-state index contributed by atoms with van der Waals surface area (Å²) in [6.07, 6.45) is 0.352. The Morgan fingerprint density at radius 2 is 1.67 bits per heavy atom. The topological polar surface area (TPSA) is 50.6 Å². The van der Waals surface area contributed by atoms with E-state index in [1.54, 1.807) is 0 Å². The monoisotopic (exact) mass is 446 g/mol. The Balaban J connectivity index is 1.55. The van der Waals surface area contributed by atoms with E-state index in [2.05, 4.69) is 24.0 Å². The van der Waals surface area contributed by atoms with E-state index < -0.39 is 0 Å². The van der Waals surface area contributed by atoms with Gasteiger partial charge < -0.3 is 9.64 Å². The molecule has 2 aromatic carbocycles. The van der Waals surface area contributed by atoms with Gasteiger partial charge >= 0.3 is 0 Å². The van der Waals surface area contributed by atoms with Crippen molar-refractivity contribution in [3.63, 3.8) is 0 Å². The van der Waals surface area contributed by atoms with Gasteiger partial charge in [-0.3, -0.25) is 9.69 Å². The van der Waals surface area contributed by atoms with E-state index in [0.29, 0.717) is 13.0 Å². The molecule has 1 saturated heterocycles. The molecular weight excluding hydrogens is 412 g/mol. The van der Waals surface area contributed by atoms with E-state index in [1.165, 1.54) is 0 Å². The number of para-hydroxylation sites is 1. The molecule has 1 fully saturated rings. The lowest BCUT2D eigenvalue weighted by Gasteiger charge is -2.35. The number of rotatable bonds is 8. The van der Waals surface area contributed by atoms with Gasteiger partial charge in [0.1, 0.15) is 0 Å². The zero-order valence-corrected chi connectivity index (χ0v) is 19.9. The average molecular weight is 447 g/mol. The maximum Gasteiger partial charge on any atom is 0.227 e. The molecule has 174 valence electrons. The highest BCUT2D eigenvalue weighted by molar-refractivity contribution is 5.79. The molecule has 4 rings (SSSR count). The van der Waals surface area contributed by atoms with Crippen LogP contribution in [0.5, 0.6) is 0 Å². The molecule has 0 bridgehead atoms. The van der Waals surface area contributed by atoms with Gasteiger partial charge in [-0.05, 0) is 38.5 Å². The van der Waals surface area contributed by atoms with Crippen molar-refractivity contribution in [3.8, 4) is 5.69 Å². The molecular formula is C27H34N4O2. The molecule has 1 aromatic heterocycles. The van der Waals surface area contributed by atoms with Crippen LogP contribution in [0.25, 0.3) is 5.69 Å². The Kier molecular flexibility index (Phi) is 7.57. The molecule has 0 saturated carbocycles. The summed E-state index contributed by atoms with van der Waals surface area (Å²) in [4.78, 5) is 18.1. The van der Waals surface area contributed by atoms with Crippen molar-refractivity contribution in [2.75, 3.05) is 32.8 Å². The minimum Gasteiger partial charge on any atom is -0.379 e. The number of nitrogens with zero attached hydrogens (tertiary/aromatic N) is 4. The number of hydrogen-bond donors (Lipinski definition) is 0. The standard InChI is InChI=1S/C27H34N4O2/c1-21(19-29-14-16-33-17-15-29)30(20-24-10-6-4-7-11-24)27(32)18-26-22(2)28-31(23(26)3)25-12-8-5-9-13-25/h4-13,21H,14-20H2,1-3H3. The van der Waals surface area contributed by atoms with Gasteiger partial charge in [-0.25, -0.2) is 4.68 Å². The van der Waals surface area contributed by atoms with Crippen molar-refractivity contribution in [2.45, 2.75) is 39.8 Å². The molecule has 33 heavy (non-hydrogen) atoms. The summed E-state index contributed by atoms with van der Waals surface area (Å²) in [6, 6.07) is 20.4. The van der Waals surface area contributed by atoms with Crippen LogP contribution in [0.3, 0.4) is 0 Å². The molecule has 3 aromatic rings. The second-order valence-electron chi connectivity index (χ2n) is 8.84. The second kappa shape index (κ2) is 10.8. The first-order valence-electron chi connectivity index (χ1n) is 11.8. The van der Waals surface area contributed by atoms with Crippen LogP contribution in [0.4, 0.5) is 0 Å². The lowest BCUT2D eigenvalue weighted by atomic mass is 10.1. The zero-order valence-electron chi connectivity index (χ0n) is 19.9. The number of benzene rings is 2. The number of amides is 1. The van der Waals surface area contributed by atoms with Gasteiger partial charge in [0.2, 0.25) is 5.91 Å². The summed E-state index contributed by atoms with van der Waals surface area (Å²) in [7, 11) is 0. The number of carbonyl (C=O) groups is 1. The highest BCUT2D eigenvalue weighted by Crippen LogP contribution is 2.21. The molecule has 1 unspecified atom stereocenters. The highest BCUT2D eigenvalue weighted by Gasteiger charge is 2.26. The third-order valence-corrected chi connectivity index (χ3v) is 6.44. The first-order valence-corrected chi connectivity index (χ1v) is 11.8. The molecule has 1 aliphatic rings. The first kappa shape index (κ1) is 23.2. The second-order valence-corrected chi connectivity index (χ2v) is 8.84. The van der Waals surface area contributed by atoms with Gasteiger partial charge in [-0.15, -0.1) is 0 Å². The Bertz CT molecular complexity index is 1040. The quantitative estimate of drug-likeness (QED) is 0.528. The maximum atomic E-state index is 13.7. The van der Waals surface area contributed by atoms with Crippen molar-refractivity contribution >= 4 is 5.91 Å². The van der Waals surface area contributed by atoms with Crippen molar-refractivity contribution in [1.82, 2.24) is 19.6 Å². The van der Waals surface area contributed by atoms with Gasteiger partial charge in [0, 0.05) is 43.5 Å². The lowest BCUT2D eigenvalue weighted by molar-refractivity contribution is -0.133. The smallest absolute Gasteiger partial charge is 0.227 e. The lowest BCUT2D eigenvalue weighted by Crippen LogP contribution is -2.48. The Labute approximate surface area is 196 Å². The highest BCUT2D eigenvalue weighted by atomic mass is 16.5. The predicted molar refractivity (Wildman–Crippen MR) is 130 cm³/mol. The number of carbonyl (C=O) groups excluding carboxylic acids is 1. The largest absolute Gasteiger partial charge is 0.379 e. The van der Waals surface area contributed by atoms with Gasteiger partial charge in [0.05, 0.1) is 31.0 Å². The Morgan fingerprint density at radius 1 is 1.03 bits per heavy atom. The molecule has 0 spiro atoms. The third-order valence-electron chi connectivity index (χ3n) is 6.44. The van der Waals surface area contributed by atoms with Crippen molar-refractivity contribution in [2.24, 2.45) is 0 Å². The van der Waals surface area contributed by atoms with Gasteiger partial charge in [-0.2, -0.15) is 5.10 Å². The Hall–Kier alpha value is -2.96. The SMILES string of the molecule is Cc1nn(-c2ccccc2)c(C)c1CC(=O)N(Cc1ccccc1)C(C)CN1CCOCC1. The average Bonchev–Trinajstić information content (AvgIpc) is 3.12. The fourth-order valence-electron chi connectivity index (χ4n) is 4.53. The van der Waals surface area contributed by atoms with Crippen LogP contribution in [-0.2, 0) is 22.5 Å². The molecule has 1 atom stereocenters. The van der Waals surface area contributed by atoms with Crippen LogP contribution in [0.2, 0.25) is 0 Å². The van der Waals surface area contributed by atoms with Crippen LogP contribution in [0.1, 0.15) is 29.4 Å². The minimum atomic E-state index is 0.0978. The number of aryl methyl sites for hydroxylation is 1. The molecule has 2 heterocycles. The fraction of sp³-hybridized carbons (Fsp3) is 0.407. The summed E-state index contributed by atoms with van der Waals surface area (Å²) in [5.41, 5.74) is 5.10. The summed E-state index contributed by atoms with van der Waals surface area (Å²) in [6.45, 7) is 11.0. The van der Waals surface area contributed by atoms with E-state index in [4.69, 9.17) is 9.84 Å². The van der Waals surface area contributed by atoms with E-state index in [-0.39, 0.29) is 11.9 Å². The summed E-state index contributed by atoms with van der Waals surface area (Å²) in [5, 5.41) is 4.74. The van der Waals surface area contributed by atoms with Gasteiger partial charge in [0.25, 0.3) is 0 Å². The molecule has 6 heteroatoms. The zero-order chi connectivity index (χ0) is 23.2. The predicted octanol–water partition coefficient (Wildman–Crippen LogP) is 3.78. The van der Waals surface area contributed by atoms with Crippen LogP contribution < -0.4 is 0 Å². The third kappa shape index (κ3) is 5.70. The van der Waals surface area contributed by atoms with Crippen molar-refractivity contribution < 1.29 is 9.53 Å². The summed E-state index contributed by atoms with van der Waals surface area (Å²) < 4.78 is 7.44. The fourth-order valence-corrected chi connectivity index (χ4v) is 4.53. The Morgan fingerprint density at radius 3 is 2.33 bits per heavy atom. The number of ether oxygens (including phenoxy) is 1. The van der Waals surface area contributed by atoms with Crippen molar-refractivity contribution in [1.29, 1.82) is 0 Å². The summed E-state index contributed by atoms with van der Waals surface area (Å²) >= 11 is 0. The molecule has 0 N–H and O–H groups in total. The van der Waals surface area contributed by atoms with E-state index in [0.717, 1.165) is 61.1 Å². The van der Waals surface area contributed by atoms with E-state index in [1.807, 2.05) is 72.0 Å². The number of morpholine rings is 1. The van der Waals surface area contributed by atoms with Crippen LogP contribution in [-0.4, -0.2) is 64.4 Å². The summed E-state index contributed by atoms with van der Waals surface area (Å²) in [5.74, 6) is 0.137. The van der Waals surface area contributed by atoms with Crippen LogP contribution in [0.15, 0.2) is 60.7 Å².